The topological polar surface area (TPSA) is 0 Å². The Hall–Kier alpha value is 0.469. The van der Waals surface area contributed by atoms with Crippen LogP contribution in [-0.2, 0) is 12.8 Å². The quantitative estimate of drug-likeness (QED) is 0.381. The van der Waals surface area contributed by atoms with Crippen LogP contribution in [-0.4, -0.2) is 0 Å². The van der Waals surface area contributed by atoms with Crippen molar-refractivity contribution in [2.75, 3.05) is 0 Å². The van der Waals surface area contributed by atoms with E-state index in [0.717, 1.165) is 0 Å². The standard InChI is InChI=1S/C6H5.HI.Mn/c1-2-4-6-5-3-1;;/h1-5H;1H;/q-1;;+2/p-1. The molecule has 0 atom stereocenters. The van der Waals surface area contributed by atoms with Gasteiger partial charge in [0.2, 0.25) is 0 Å². The van der Waals surface area contributed by atoms with Crippen LogP contribution >= 0.6 is 20.3 Å². The zero-order valence-electron chi connectivity index (χ0n) is 4.14. The van der Waals surface area contributed by atoms with Crippen molar-refractivity contribution in [1.29, 1.82) is 0 Å². The second-order valence-corrected chi connectivity index (χ2v) is 1.08. The monoisotopic (exact) mass is 259 g/mol. The average molecular weight is 259 g/mol. The van der Waals surface area contributed by atoms with Crippen LogP contribution in [0.25, 0.3) is 0 Å². The van der Waals surface area contributed by atoms with Crippen molar-refractivity contribution in [3.05, 3.63) is 36.4 Å². The van der Waals surface area contributed by atoms with Crippen molar-refractivity contribution < 1.29 is 12.8 Å². The fourth-order valence-corrected chi connectivity index (χ4v) is 0.342. The number of hydrogen-bond donors (Lipinski definition) is 0. The fourth-order valence-electron chi connectivity index (χ4n) is 0.342. The third-order valence-corrected chi connectivity index (χ3v) is 0.607. The first-order valence-electron chi connectivity index (χ1n) is 2.05. The summed E-state index contributed by atoms with van der Waals surface area (Å²) in [6, 6.07) is 12.5. The first-order valence-corrected chi connectivity index (χ1v) is 5.86. The van der Waals surface area contributed by atoms with Crippen LogP contribution in [0.15, 0.2) is 30.3 Å². The molecule has 0 nitrogen and oxygen atoms in total. The second-order valence-electron chi connectivity index (χ2n) is 1.08. The van der Waals surface area contributed by atoms with Crippen molar-refractivity contribution in [3.8, 4) is 0 Å². The molecular weight excluding hydrogens is 254 g/mol. The van der Waals surface area contributed by atoms with Gasteiger partial charge in [-0.15, -0.1) is 0 Å². The maximum Gasteiger partial charge on any atom is -0.171 e. The third kappa shape index (κ3) is 4.62. The molecule has 0 saturated carbocycles. The van der Waals surface area contributed by atoms with Gasteiger partial charge in [0, 0.05) is 0 Å². The molecule has 0 amide bonds. The summed E-state index contributed by atoms with van der Waals surface area (Å²) in [5.74, 6) is 0. The minimum Gasteiger partial charge on any atom is -0.184 e. The molecule has 1 rings (SSSR count). The van der Waals surface area contributed by atoms with Crippen molar-refractivity contribution in [3.63, 3.8) is 0 Å². The summed E-state index contributed by atoms with van der Waals surface area (Å²) >= 11 is 4.87. The maximum atomic E-state index is 2.91. The van der Waals surface area contributed by atoms with E-state index < -0.39 is 0 Å². The molecule has 0 unspecified atom stereocenters. The molecule has 0 fully saturated rings. The predicted octanol–water partition coefficient (Wildman–Crippen LogP) is 2.37. The minimum atomic E-state index is 1.88. The molecule has 0 radical (unpaired) electrons. The van der Waals surface area contributed by atoms with Gasteiger partial charge in [0.05, 0.1) is 0 Å². The summed E-state index contributed by atoms with van der Waals surface area (Å²) < 4.78 is 0. The number of benzene rings is 1. The summed E-state index contributed by atoms with van der Waals surface area (Å²) in [5.41, 5.74) is 0. The van der Waals surface area contributed by atoms with E-state index in [1.807, 2.05) is 50.7 Å². The van der Waals surface area contributed by atoms with Crippen LogP contribution in [0.4, 0.5) is 0 Å². The molecule has 0 aliphatic carbocycles. The van der Waals surface area contributed by atoms with Gasteiger partial charge in [-0.25, -0.2) is 0 Å². The van der Waals surface area contributed by atoms with Crippen LogP contribution < -0.4 is 0 Å². The molecule has 0 spiro atoms. The van der Waals surface area contributed by atoms with Crippen molar-refractivity contribution >= 4 is 20.3 Å². The summed E-state index contributed by atoms with van der Waals surface area (Å²) in [6.45, 7) is 0. The van der Waals surface area contributed by atoms with Crippen LogP contribution in [0.5, 0.6) is 0 Å². The van der Waals surface area contributed by atoms with Gasteiger partial charge in [0.1, 0.15) is 0 Å². The summed E-state index contributed by atoms with van der Waals surface area (Å²) in [4.78, 5) is 0. The van der Waals surface area contributed by atoms with E-state index in [-0.39, 0.29) is 0 Å². The van der Waals surface area contributed by atoms with Gasteiger partial charge < -0.3 is 0 Å². The molecule has 0 N–H and O–H groups in total. The number of rotatable bonds is 0. The Labute approximate surface area is 69.2 Å². The molecule has 43 valence electrons. The fraction of sp³-hybridized carbons (Fsp3) is 0. The van der Waals surface area contributed by atoms with Crippen molar-refractivity contribution in [1.82, 2.24) is 0 Å². The van der Waals surface area contributed by atoms with E-state index in [0.29, 0.717) is 0 Å². The third-order valence-electron chi connectivity index (χ3n) is 0.607. The zero-order chi connectivity index (χ0) is 6.24. The summed E-state index contributed by atoms with van der Waals surface area (Å²) in [7, 11) is 0. The maximum absolute atomic E-state index is 2.91. The normalized spacial score (nSPS) is 6.62. The summed E-state index contributed by atoms with van der Waals surface area (Å²) in [5, 5.41) is 0. The van der Waals surface area contributed by atoms with Gasteiger partial charge in [0.15, 0.2) is 0 Å². The molecule has 0 aliphatic rings. The smallest absolute Gasteiger partial charge is 0.171 e. The van der Waals surface area contributed by atoms with E-state index in [1.165, 1.54) is 0 Å². The van der Waals surface area contributed by atoms with Gasteiger partial charge in [-0.05, 0) is 0 Å². The molecule has 0 bridgehead atoms. The van der Waals surface area contributed by atoms with Crippen LogP contribution in [0.3, 0.4) is 0 Å². The first-order chi connectivity index (χ1) is 4.00. The van der Waals surface area contributed by atoms with E-state index in [4.69, 9.17) is 0 Å². The Morgan fingerprint density at radius 1 is 1.00 bits per heavy atom. The zero-order valence-corrected chi connectivity index (χ0v) is 7.48. The van der Waals surface area contributed by atoms with Crippen molar-refractivity contribution in [2.24, 2.45) is 0 Å². The molecule has 1 aromatic carbocycles. The molecule has 0 saturated heterocycles. The molecule has 8 heavy (non-hydrogen) atoms. The SMILES string of the molecule is [Mn+][I].[c-]1ccccc1. The van der Waals surface area contributed by atoms with E-state index in [9.17, 15) is 0 Å². The van der Waals surface area contributed by atoms with Gasteiger partial charge in [-0.2, -0.15) is 36.4 Å². The van der Waals surface area contributed by atoms with E-state index in [1.54, 1.807) is 0 Å². The predicted molar refractivity (Wildman–Crippen MR) is 39.3 cm³/mol. The Bertz CT molecular complexity index is 80.5. The molecule has 0 aromatic heterocycles. The molecular formula is C6H5IMn. The van der Waals surface area contributed by atoms with Gasteiger partial charge in [-0.3, -0.25) is 0 Å². The Kier molecular flexibility index (Phi) is 7.91. The van der Waals surface area contributed by atoms with Gasteiger partial charge >= 0.3 is 33.1 Å². The Morgan fingerprint density at radius 2 is 1.50 bits per heavy atom. The van der Waals surface area contributed by atoms with Crippen LogP contribution in [0, 0.1) is 6.07 Å². The second kappa shape index (κ2) is 7.47. The minimum absolute atomic E-state index is 1.88. The largest absolute Gasteiger partial charge is 0.184 e. The molecule has 0 aliphatic heterocycles. The van der Waals surface area contributed by atoms with Crippen molar-refractivity contribution in [2.45, 2.75) is 0 Å². The molecule has 0 heterocycles. The van der Waals surface area contributed by atoms with Crippen LogP contribution in [0.2, 0.25) is 0 Å². The number of hydrogen-bond acceptors (Lipinski definition) is 0. The summed E-state index contributed by atoms with van der Waals surface area (Å²) in [6.07, 6.45) is 0. The van der Waals surface area contributed by atoms with E-state index in [2.05, 4.69) is 18.8 Å². The molecule has 2 heteroatoms. The van der Waals surface area contributed by atoms with Gasteiger partial charge in [-0.1, -0.05) is 0 Å². The van der Waals surface area contributed by atoms with E-state index >= 15 is 0 Å². The Balaban J connectivity index is 0.000000222. The first kappa shape index (κ1) is 8.47. The number of halogens is 1. The average Bonchev–Trinajstić information content (AvgIpc) is 1.96. The molecule has 1 aromatic rings. The van der Waals surface area contributed by atoms with Crippen LogP contribution in [0.1, 0.15) is 0 Å². The van der Waals surface area contributed by atoms with Gasteiger partial charge in [0.25, 0.3) is 0 Å². The Morgan fingerprint density at radius 3 is 1.62 bits per heavy atom.